The summed E-state index contributed by atoms with van der Waals surface area (Å²) in [4.78, 5) is 16.2. The number of rotatable bonds is 8. The molecule has 4 aromatic carbocycles. The van der Waals surface area contributed by atoms with Crippen molar-refractivity contribution in [3.63, 3.8) is 0 Å². The smallest absolute Gasteiger partial charge is 0.335 e. The van der Waals surface area contributed by atoms with Crippen molar-refractivity contribution in [3.8, 4) is 22.6 Å². The zero-order valence-corrected chi connectivity index (χ0v) is 21.1. The van der Waals surface area contributed by atoms with Crippen LogP contribution in [0.1, 0.15) is 33.6 Å². The Morgan fingerprint density at radius 1 is 1.03 bits per heavy atom. The van der Waals surface area contributed by atoms with Crippen LogP contribution in [0.15, 0.2) is 84.9 Å². The Morgan fingerprint density at radius 3 is 2.64 bits per heavy atom. The first-order chi connectivity index (χ1) is 19.0. The zero-order chi connectivity index (χ0) is 26.9. The molecule has 1 N–H and O–H groups in total. The Labute approximate surface area is 224 Å². The molecule has 196 valence electrons. The van der Waals surface area contributed by atoms with Crippen molar-refractivity contribution in [1.29, 1.82) is 0 Å². The fourth-order valence-corrected chi connectivity index (χ4v) is 4.85. The van der Waals surface area contributed by atoms with Gasteiger partial charge >= 0.3 is 5.97 Å². The van der Waals surface area contributed by atoms with Crippen LogP contribution in [0.4, 0.5) is 4.39 Å². The van der Waals surface area contributed by atoms with Crippen molar-refractivity contribution in [1.82, 2.24) is 9.55 Å². The molecule has 0 saturated carbocycles. The van der Waals surface area contributed by atoms with E-state index in [0.717, 1.165) is 11.1 Å². The summed E-state index contributed by atoms with van der Waals surface area (Å²) in [5.41, 5.74) is 4.26. The highest BCUT2D eigenvalue weighted by Crippen LogP contribution is 2.46. The minimum atomic E-state index is -1.02. The molecule has 6 rings (SSSR count). The summed E-state index contributed by atoms with van der Waals surface area (Å²) < 4.78 is 34.8. The number of benzene rings is 4. The van der Waals surface area contributed by atoms with E-state index in [0.29, 0.717) is 52.6 Å². The lowest BCUT2D eigenvalue weighted by Crippen LogP contribution is -2.10. The molecule has 1 aromatic heterocycles. The fraction of sp³-hybridized carbons (Fsp3) is 0.161. The number of hydrogen-bond acceptors (Lipinski definition) is 5. The predicted octanol–water partition coefficient (Wildman–Crippen LogP) is 6.25. The summed E-state index contributed by atoms with van der Waals surface area (Å²) >= 11 is 0. The lowest BCUT2D eigenvalue weighted by Gasteiger charge is -2.12. The molecule has 39 heavy (non-hydrogen) atoms. The molecule has 0 radical (unpaired) electrons. The highest BCUT2D eigenvalue weighted by atomic mass is 19.1. The number of hydrogen-bond donors (Lipinski definition) is 1. The van der Waals surface area contributed by atoms with E-state index in [9.17, 15) is 9.90 Å². The number of aromatic carboxylic acids is 1. The van der Waals surface area contributed by atoms with Crippen LogP contribution in [0, 0.1) is 5.82 Å². The van der Waals surface area contributed by atoms with E-state index in [2.05, 4.69) is 4.98 Å². The summed E-state index contributed by atoms with van der Waals surface area (Å²) in [6.45, 7) is 0.865. The number of nitrogens with zero attached hydrogens (tertiary/aromatic N) is 2. The van der Waals surface area contributed by atoms with Gasteiger partial charge in [-0.05, 0) is 41.5 Å². The third-order valence-electron chi connectivity index (χ3n) is 6.82. The van der Waals surface area contributed by atoms with Crippen molar-refractivity contribution >= 4 is 17.0 Å². The first-order valence-electron chi connectivity index (χ1n) is 12.5. The van der Waals surface area contributed by atoms with Gasteiger partial charge in [0.25, 0.3) is 6.29 Å². The van der Waals surface area contributed by atoms with Gasteiger partial charge in [-0.3, -0.25) is 0 Å². The highest BCUT2D eigenvalue weighted by Gasteiger charge is 2.28. The van der Waals surface area contributed by atoms with Gasteiger partial charge < -0.3 is 23.9 Å². The zero-order valence-electron chi connectivity index (χ0n) is 21.1. The maximum Gasteiger partial charge on any atom is 0.335 e. The molecule has 0 spiro atoms. The van der Waals surface area contributed by atoms with Gasteiger partial charge in [-0.15, -0.1) is 0 Å². The molecule has 0 amide bonds. The second kappa shape index (κ2) is 10.2. The van der Waals surface area contributed by atoms with Gasteiger partial charge in [0.2, 0.25) is 0 Å². The molecular formula is C31H25FN2O5. The Hall–Kier alpha value is -4.69. The third-order valence-corrected chi connectivity index (χ3v) is 6.82. The number of fused-ring (bicyclic) bond motifs is 2. The van der Waals surface area contributed by atoms with Crippen molar-refractivity contribution in [3.05, 3.63) is 113 Å². The van der Waals surface area contributed by atoms with Crippen molar-refractivity contribution in [2.75, 3.05) is 13.7 Å². The standard InChI is InChI=1S/C31H25FN2O5/c1-37-15-14-34-26-17-22(30(35)36)12-13-25(26)33-28(34)18-21-11-10-20(16-24(21)32)23-8-5-9-27-29(23)39-31(38-27)19-6-3-2-4-7-19/h2-13,16-17,31H,14-15,18H2,1H3,(H,35,36)/t31-/m1/s1. The maximum atomic E-state index is 15.5. The van der Waals surface area contributed by atoms with E-state index >= 15 is 4.39 Å². The lowest BCUT2D eigenvalue weighted by atomic mass is 10.0. The molecule has 1 aliphatic heterocycles. The van der Waals surface area contributed by atoms with Gasteiger partial charge in [0.15, 0.2) is 11.5 Å². The van der Waals surface area contributed by atoms with E-state index < -0.39 is 12.3 Å². The van der Waals surface area contributed by atoms with Gasteiger partial charge in [-0.2, -0.15) is 0 Å². The molecule has 8 heteroatoms. The number of carbonyl (C=O) groups is 1. The molecule has 0 saturated heterocycles. The topological polar surface area (TPSA) is 82.8 Å². The summed E-state index contributed by atoms with van der Waals surface area (Å²) in [6, 6.07) is 25.1. The number of carboxylic acid groups (broad SMARTS) is 1. The van der Waals surface area contributed by atoms with E-state index in [-0.39, 0.29) is 17.8 Å². The number of methoxy groups -OCH3 is 1. The van der Waals surface area contributed by atoms with Crippen molar-refractivity contribution in [2.45, 2.75) is 19.3 Å². The first kappa shape index (κ1) is 24.6. The third kappa shape index (κ3) is 4.70. The number of carboxylic acids is 1. The second-order valence-corrected chi connectivity index (χ2v) is 9.28. The average Bonchev–Trinajstić information content (AvgIpc) is 3.54. The number of para-hydroxylation sites is 1. The Bertz CT molecular complexity index is 1680. The number of ether oxygens (including phenoxy) is 3. The van der Waals surface area contributed by atoms with Crippen molar-refractivity contribution in [2.24, 2.45) is 0 Å². The molecule has 1 atom stereocenters. The Balaban J connectivity index is 1.31. The van der Waals surface area contributed by atoms with Crippen LogP contribution in [0.3, 0.4) is 0 Å². The van der Waals surface area contributed by atoms with Crippen LogP contribution < -0.4 is 9.47 Å². The second-order valence-electron chi connectivity index (χ2n) is 9.28. The first-order valence-corrected chi connectivity index (χ1v) is 12.5. The summed E-state index contributed by atoms with van der Waals surface area (Å²) in [5, 5.41) is 9.42. The van der Waals surface area contributed by atoms with E-state index in [1.165, 1.54) is 12.1 Å². The molecule has 1 aliphatic rings. The van der Waals surface area contributed by atoms with Crippen LogP contribution in [-0.4, -0.2) is 34.3 Å². The average molecular weight is 525 g/mol. The summed E-state index contributed by atoms with van der Waals surface area (Å²) in [7, 11) is 1.59. The molecular weight excluding hydrogens is 499 g/mol. The van der Waals surface area contributed by atoms with E-state index in [4.69, 9.17) is 14.2 Å². The molecule has 0 bridgehead atoms. The molecule has 0 unspecified atom stereocenters. The molecule has 0 aliphatic carbocycles. The monoisotopic (exact) mass is 524 g/mol. The molecule has 5 aromatic rings. The SMILES string of the molecule is COCCn1c(Cc2ccc(-c3cccc4c3O[C@H](c3ccccc3)O4)cc2F)nc2ccc(C(=O)O)cc21. The Kier molecular flexibility index (Phi) is 6.46. The Morgan fingerprint density at radius 2 is 1.87 bits per heavy atom. The summed E-state index contributed by atoms with van der Waals surface area (Å²) in [5.74, 6) is 0.420. The van der Waals surface area contributed by atoms with E-state index in [1.807, 2.05) is 59.2 Å². The fourth-order valence-electron chi connectivity index (χ4n) is 4.85. The van der Waals surface area contributed by atoms with Gasteiger partial charge in [-0.1, -0.05) is 54.6 Å². The number of halogens is 1. The number of imidazole rings is 1. The van der Waals surface area contributed by atoms with E-state index in [1.54, 1.807) is 25.3 Å². The molecule has 7 nitrogen and oxygen atoms in total. The minimum absolute atomic E-state index is 0.166. The minimum Gasteiger partial charge on any atom is -0.478 e. The quantitative estimate of drug-likeness (QED) is 0.258. The summed E-state index contributed by atoms with van der Waals surface area (Å²) in [6.07, 6.45) is -0.330. The largest absolute Gasteiger partial charge is 0.478 e. The predicted molar refractivity (Wildman–Crippen MR) is 144 cm³/mol. The van der Waals surface area contributed by atoms with Gasteiger partial charge in [0.1, 0.15) is 11.6 Å². The van der Waals surface area contributed by atoms with Crippen LogP contribution in [0.5, 0.6) is 11.5 Å². The van der Waals surface area contributed by atoms with Gasteiger partial charge in [0.05, 0.1) is 23.2 Å². The molecule has 2 heterocycles. The van der Waals surface area contributed by atoms with Crippen LogP contribution in [0.25, 0.3) is 22.2 Å². The van der Waals surface area contributed by atoms with Crippen LogP contribution in [0.2, 0.25) is 0 Å². The normalized spacial score (nSPS) is 14.2. The van der Waals surface area contributed by atoms with Crippen molar-refractivity contribution < 1.29 is 28.5 Å². The van der Waals surface area contributed by atoms with Gasteiger partial charge in [-0.25, -0.2) is 14.2 Å². The van der Waals surface area contributed by atoms with Crippen LogP contribution >= 0.6 is 0 Å². The highest BCUT2D eigenvalue weighted by molar-refractivity contribution is 5.92. The maximum absolute atomic E-state index is 15.5. The lowest BCUT2D eigenvalue weighted by molar-refractivity contribution is 0.0490. The molecule has 0 fully saturated rings. The number of aromatic nitrogens is 2. The van der Waals surface area contributed by atoms with Gasteiger partial charge in [0, 0.05) is 31.2 Å². The van der Waals surface area contributed by atoms with Crippen LogP contribution in [-0.2, 0) is 17.7 Å².